The largest absolute Gasteiger partial charge is 0.480 e. The molecule has 1 atom stereocenters. The van der Waals surface area contributed by atoms with Gasteiger partial charge >= 0.3 is 0 Å². The molecular weight excluding hydrogens is 361 g/mol. The van der Waals surface area contributed by atoms with Gasteiger partial charge in [-0.25, -0.2) is 19.3 Å². The van der Waals surface area contributed by atoms with Crippen LogP contribution >= 0.6 is 0 Å². The zero-order valence-corrected chi connectivity index (χ0v) is 15.4. The lowest BCUT2D eigenvalue weighted by Gasteiger charge is -2.26. The van der Waals surface area contributed by atoms with Crippen molar-refractivity contribution in [2.45, 2.75) is 25.7 Å². The maximum absolute atomic E-state index is 14.0. The van der Waals surface area contributed by atoms with E-state index in [1.807, 2.05) is 0 Å². The van der Waals surface area contributed by atoms with Crippen molar-refractivity contribution in [2.75, 3.05) is 12.8 Å². The van der Waals surface area contributed by atoms with Crippen LogP contribution in [0.25, 0.3) is 11.3 Å². The molecule has 0 unspecified atom stereocenters. The number of halogens is 1. The highest BCUT2D eigenvalue weighted by atomic mass is 19.1. The van der Waals surface area contributed by atoms with E-state index < -0.39 is 5.82 Å². The first-order valence-corrected chi connectivity index (χ1v) is 8.78. The summed E-state index contributed by atoms with van der Waals surface area (Å²) in [5.41, 5.74) is 9.37. The predicted molar refractivity (Wildman–Crippen MR) is 101 cm³/mol. The van der Waals surface area contributed by atoms with Crippen LogP contribution < -0.4 is 10.5 Å². The Labute approximate surface area is 160 Å². The summed E-state index contributed by atoms with van der Waals surface area (Å²) < 4.78 is 19.1. The second kappa shape index (κ2) is 6.95. The molecular formula is C20H18FN5O2. The van der Waals surface area contributed by atoms with Gasteiger partial charge in [0.25, 0.3) is 0 Å². The summed E-state index contributed by atoms with van der Waals surface area (Å²) in [4.78, 5) is 29.6. The Morgan fingerprint density at radius 1 is 1.18 bits per heavy atom. The molecule has 0 saturated carbocycles. The summed E-state index contributed by atoms with van der Waals surface area (Å²) in [6, 6.07) is 4.47. The van der Waals surface area contributed by atoms with Crippen LogP contribution in [-0.4, -0.2) is 32.8 Å². The van der Waals surface area contributed by atoms with E-state index in [9.17, 15) is 9.18 Å². The summed E-state index contributed by atoms with van der Waals surface area (Å²) in [6.07, 6.45) is 3.80. The molecule has 142 valence electrons. The van der Waals surface area contributed by atoms with Gasteiger partial charge in [-0.15, -0.1) is 0 Å². The molecule has 1 aromatic carbocycles. The van der Waals surface area contributed by atoms with Gasteiger partial charge in [-0.05, 0) is 37.0 Å². The number of methoxy groups -OCH3 is 1. The highest BCUT2D eigenvalue weighted by Gasteiger charge is 2.31. The Morgan fingerprint density at radius 3 is 2.79 bits per heavy atom. The fourth-order valence-electron chi connectivity index (χ4n) is 3.70. The number of nitrogen functional groups attached to an aromatic ring is 1. The van der Waals surface area contributed by atoms with Crippen molar-refractivity contribution in [1.82, 2.24) is 19.9 Å². The van der Waals surface area contributed by atoms with Crippen LogP contribution in [-0.2, 0) is 6.42 Å². The molecule has 8 heteroatoms. The van der Waals surface area contributed by atoms with Crippen molar-refractivity contribution >= 4 is 11.7 Å². The maximum atomic E-state index is 14.0. The molecule has 2 N–H and O–H groups in total. The molecule has 7 nitrogen and oxygen atoms in total. The van der Waals surface area contributed by atoms with Crippen LogP contribution in [0.5, 0.6) is 5.88 Å². The highest BCUT2D eigenvalue weighted by Crippen LogP contribution is 2.38. The number of hydrogen-bond acceptors (Lipinski definition) is 7. The van der Waals surface area contributed by atoms with Crippen LogP contribution in [0.4, 0.5) is 10.3 Å². The molecule has 0 radical (unpaired) electrons. The van der Waals surface area contributed by atoms with Crippen LogP contribution in [0.2, 0.25) is 0 Å². The number of nitrogens with zero attached hydrogens (tertiary/aromatic N) is 4. The first kappa shape index (κ1) is 18.0. The number of anilines is 1. The Hall–Kier alpha value is -3.42. The fraction of sp³-hybridized carbons (Fsp3) is 0.250. The average Bonchev–Trinajstić information content (AvgIpc) is 2.67. The molecule has 0 saturated heterocycles. The predicted octanol–water partition coefficient (Wildman–Crippen LogP) is 2.88. The van der Waals surface area contributed by atoms with E-state index in [0.717, 1.165) is 5.56 Å². The van der Waals surface area contributed by atoms with Crippen molar-refractivity contribution in [3.8, 4) is 17.1 Å². The third-order valence-corrected chi connectivity index (χ3v) is 4.89. The third kappa shape index (κ3) is 3.17. The summed E-state index contributed by atoms with van der Waals surface area (Å²) >= 11 is 0. The number of nitrogens with two attached hydrogens (primary N) is 1. The topological polar surface area (TPSA) is 104 Å². The molecule has 1 aliphatic carbocycles. The van der Waals surface area contributed by atoms with Gasteiger partial charge in [0.05, 0.1) is 42.1 Å². The van der Waals surface area contributed by atoms with Gasteiger partial charge in [-0.1, -0.05) is 6.07 Å². The number of aryl methyl sites for hydroxylation is 1. The molecule has 0 spiro atoms. The minimum absolute atomic E-state index is 0.0456. The second-order valence-electron chi connectivity index (χ2n) is 6.70. The normalized spacial score (nSPS) is 16.0. The number of rotatable bonds is 3. The smallest absolute Gasteiger partial charge is 0.232 e. The number of carbonyl (C=O) groups is 1. The standard InChI is InChI=1S/C20H18FN5O2/c1-10-19-15(26-20(22)24-10)5-11(6-17(19)27)13-4-3-12(21)7-14(13)16-8-23-9-18(25-16)28-2/h3-4,7-9,11H,5-6H2,1-2H3,(H2,22,24,26)/t11-/m0/s1. The number of fused-ring (bicyclic) bond motifs is 1. The van der Waals surface area contributed by atoms with E-state index in [0.29, 0.717) is 40.5 Å². The highest BCUT2D eigenvalue weighted by molar-refractivity contribution is 6.00. The van der Waals surface area contributed by atoms with Crippen LogP contribution in [0.15, 0.2) is 30.6 Å². The number of ether oxygens (including phenoxy) is 1. The lowest BCUT2D eigenvalue weighted by Crippen LogP contribution is -2.23. The molecule has 28 heavy (non-hydrogen) atoms. The first-order chi connectivity index (χ1) is 13.5. The SMILES string of the molecule is COc1cncc(-c2cc(F)ccc2[C@@H]2CC(=O)c3c(C)nc(N)nc3C2)n1. The summed E-state index contributed by atoms with van der Waals surface area (Å²) in [5, 5.41) is 0. The van der Waals surface area contributed by atoms with Crippen molar-refractivity contribution in [3.05, 3.63) is 58.9 Å². The second-order valence-corrected chi connectivity index (χ2v) is 6.70. The number of ketones is 1. The number of benzene rings is 1. The summed E-state index contributed by atoms with van der Waals surface area (Å²) in [5.74, 6) is -0.155. The zero-order chi connectivity index (χ0) is 19.8. The number of Topliss-reactive ketones (excluding diaryl/α,β-unsaturated/α-hetero) is 1. The van der Waals surface area contributed by atoms with E-state index in [-0.39, 0.29) is 24.1 Å². The zero-order valence-electron chi connectivity index (χ0n) is 15.4. The summed E-state index contributed by atoms with van der Waals surface area (Å²) in [6.45, 7) is 1.75. The van der Waals surface area contributed by atoms with E-state index in [1.165, 1.54) is 25.4 Å². The lowest BCUT2D eigenvalue weighted by atomic mass is 9.79. The lowest BCUT2D eigenvalue weighted by molar-refractivity contribution is 0.0962. The first-order valence-electron chi connectivity index (χ1n) is 8.78. The van der Waals surface area contributed by atoms with Gasteiger partial charge < -0.3 is 10.5 Å². The van der Waals surface area contributed by atoms with E-state index >= 15 is 0 Å². The van der Waals surface area contributed by atoms with E-state index in [1.54, 1.807) is 19.2 Å². The van der Waals surface area contributed by atoms with Crippen molar-refractivity contribution in [1.29, 1.82) is 0 Å². The molecule has 3 aromatic rings. The molecule has 0 fully saturated rings. The average molecular weight is 379 g/mol. The molecule has 2 heterocycles. The quantitative estimate of drug-likeness (QED) is 0.746. The fourth-order valence-corrected chi connectivity index (χ4v) is 3.70. The number of hydrogen-bond donors (Lipinski definition) is 1. The summed E-state index contributed by atoms with van der Waals surface area (Å²) in [7, 11) is 1.49. The van der Waals surface area contributed by atoms with Gasteiger partial charge in [0.15, 0.2) is 5.78 Å². The van der Waals surface area contributed by atoms with E-state index in [4.69, 9.17) is 10.5 Å². The Bertz CT molecular complexity index is 1090. The van der Waals surface area contributed by atoms with Crippen LogP contribution in [0, 0.1) is 12.7 Å². The van der Waals surface area contributed by atoms with Crippen molar-refractivity contribution in [2.24, 2.45) is 0 Å². The monoisotopic (exact) mass is 379 g/mol. The number of aromatic nitrogens is 4. The van der Waals surface area contributed by atoms with Crippen LogP contribution in [0.3, 0.4) is 0 Å². The molecule has 0 amide bonds. The van der Waals surface area contributed by atoms with Gasteiger partial charge in [0, 0.05) is 12.0 Å². The van der Waals surface area contributed by atoms with Gasteiger partial charge in [-0.3, -0.25) is 9.78 Å². The van der Waals surface area contributed by atoms with Gasteiger partial charge in [0.1, 0.15) is 5.82 Å². The maximum Gasteiger partial charge on any atom is 0.232 e. The van der Waals surface area contributed by atoms with Crippen molar-refractivity contribution in [3.63, 3.8) is 0 Å². The molecule has 0 bridgehead atoms. The van der Waals surface area contributed by atoms with Gasteiger partial charge in [0.2, 0.25) is 11.8 Å². The van der Waals surface area contributed by atoms with E-state index in [2.05, 4.69) is 19.9 Å². The third-order valence-electron chi connectivity index (χ3n) is 4.89. The van der Waals surface area contributed by atoms with Gasteiger partial charge in [-0.2, -0.15) is 0 Å². The molecule has 1 aliphatic rings. The molecule has 0 aliphatic heterocycles. The van der Waals surface area contributed by atoms with Crippen molar-refractivity contribution < 1.29 is 13.9 Å². The molecule has 4 rings (SSSR count). The Morgan fingerprint density at radius 2 is 2.00 bits per heavy atom. The molecule has 2 aromatic heterocycles. The van der Waals surface area contributed by atoms with Crippen LogP contribution in [0.1, 0.15) is 39.6 Å². The minimum Gasteiger partial charge on any atom is -0.480 e. The Kier molecular flexibility index (Phi) is 4.46. The minimum atomic E-state index is -0.395. The number of carbonyl (C=O) groups excluding carboxylic acids is 1. The Balaban J connectivity index is 1.81.